The quantitative estimate of drug-likeness (QED) is 0.0462. The van der Waals surface area contributed by atoms with Crippen molar-refractivity contribution in [1.29, 1.82) is 0 Å². The number of likely N-dealkylation sites (N-methyl/N-ethyl adjacent to an activating group) is 1. The van der Waals surface area contributed by atoms with E-state index >= 15 is 0 Å². The summed E-state index contributed by atoms with van der Waals surface area (Å²) in [7, 11) is 3.88. The summed E-state index contributed by atoms with van der Waals surface area (Å²) < 4.78 is 11.3. The minimum atomic E-state index is -0.469. The van der Waals surface area contributed by atoms with Crippen LogP contribution in [0.1, 0.15) is 265 Å². The van der Waals surface area contributed by atoms with E-state index in [9.17, 15) is 19.5 Å². The van der Waals surface area contributed by atoms with E-state index in [4.69, 9.17) is 9.47 Å². The number of nitrogens with zero attached hydrogens (tertiary/aromatic N) is 2. The minimum absolute atomic E-state index is 0.0545. The second-order valence-electron chi connectivity index (χ2n) is 19.8. The summed E-state index contributed by atoms with van der Waals surface area (Å²) in [6.45, 7) is 12.6. The Morgan fingerprint density at radius 1 is 0.453 bits per heavy atom. The van der Waals surface area contributed by atoms with Crippen molar-refractivity contribution in [3.63, 3.8) is 0 Å². The number of aliphatic hydroxyl groups excluding tert-OH is 1. The van der Waals surface area contributed by atoms with Crippen LogP contribution in [0.15, 0.2) is 0 Å². The molecule has 1 unspecified atom stereocenters. The summed E-state index contributed by atoms with van der Waals surface area (Å²) in [6, 6.07) is -0.0545. The van der Waals surface area contributed by atoms with Crippen molar-refractivity contribution < 1.29 is 29.0 Å². The van der Waals surface area contributed by atoms with Crippen molar-refractivity contribution in [2.45, 2.75) is 271 Å². The topological polar surface area (TPSA) is 108 Å². The zero-order valence-electron chi connectivity index (χ0n) is 43.5. The fourth-order valence-electron chi connectivity index (χ4n) is 9.06. The highest BCUT2D eigenvalue weighted by Crippen LogP contribution is 2.24. The summed E-state index contributed by atoms with van der Waals surface area (Å²) in [5, 5.41) is 13.3. The number of hydrogen-bond donors (Lipinski definition) is 2. The molecule has 1 atom stereocenters. The number of aliphatic hydroxyl groups is 1. The lowest BCUT2D eigenvalue weighted by molar-refractivity contribution is -0.144. The maximum Gasteiger partial charge on any atom is 0.317 e. The lowest BCUT2D eigenvalue weighted by Gasteiger charge is -2.24. The van der Waals surface area contributed by atoms with Gasteiger partial charge in [-0.15, -0.1) is 0 Å². The maximum absolute atomic E-state index is 13.2. The van der Waals surface area contributed by atoms with E-state index in [1.54, 1.807) is 0 Å². The number of urea groups is 1. The van der Waals surface area contributed by atoms with Gasteiger partial charge >= 0.3 is 18.0 Å². The van der Waals surface area contributed by atoms with E-state index < -0.39 is 6.10 Å². The molecule has 0 heterocycles. The van der Waals surface area contributed by atoms with E-state index in [0.29, 0.717) is 58.7 Å². The van der Waals surface area contributed by atoms with Gasteiger partial charge in [-0.05, 0) is 83.7 Å². The van der Waals surface area contributed by atoms with Crippen LogP contribution < -0.4 is 5.32 Å². The third-order valence-electron chi connectivity index (χ3n) is 13.1. The van der Waals surface area contributed by atoms with Crippen LogP contribution in [0.2, 0.25) is 0 Å². The van der Waals surface area contributed by atoms with E-state index in [0.717, 1.165) is 88.9 Å². The van der Waals surface area contributed by atoms with Crippen LogP contribution >= 0.6 is 0 Å². The first kappa shape index (κ1) is 62.1. The monoisotopic (exact) mass is 908 g/mol. The fraction of sp³-hybridized carbons (Fsp3) is 0.945. The zero-order chi connectivity index (χ0) is 47.1. The molecule has 0 saturated heterocycles. The highest BCUT2D eigenvalue weighted by molar-refractivity contribution is 5.74. The summed E-state index contributed by atoms with van der Waals surface area (Å²) in [5.41, 5.74) is 0. The molecule has 2 N–H and O–H groups in total. The molecule has 0 aromatic heterocycles. The average Bonchev–Trinajstić information content (AvgIpc) is 3.27. The number of ether oxygens (including phenoxy) is 2. The molecule has 0 bridgehead atoms. The molecule has 0 aliphatic heterocycles. The Labute approximate surface area is 397 Å². The highest BCUT2D eigenvalue weighted by atomic mass is 16.5. The predicted octanol–water partition coefficient (Wildman–Crippen LogP) is 14.8. The van der Waals surface area contributed by atoms with Gasteiger partial charge in [-0.25, -0.2) is 4.79 Å². The van der Waals surface area contributed by atoms with Gasteiger partial charge in [-0.2, -0.15) is 0 Å². The van der Waals surface area contributed by atoms with Crippen molar-refractivity contribution in [3.8, 4) is 0 Å². The first-order valence-corrected chi connectivity index (χ1v) is 27.8. The van der Waals surface area contributed by atoms with Gasteiger partial charge in [0.05, 0.1) is 19.3 Å². The standard InChI is InChI=1S/C55H109N3O6/c1-7-11-15-25-35-50(36-26-16-12-8-2)39-33-47-63-53(60)41-29-21-19-23-31-45-58(55(62)56-44-43-52(59)49-57(5)6)46-32-24-20-22-30-42-54(61)64-48-34-40-51(37-27-17-13-9-3)38-28-18-14-10-4/h50-52,59H,7-49H2,1-6H3,(H,56,62). The first-order valence-electron chi connectivity index (χ1n) is 27.8. The van der Waals surface area contributed by atoms with Gasteiger partial charge in [0.15, 0.2) is 0 Å². The van der Waals surface area contributed by atoms with Crippen LogP contribution in [0.3, 0.4) is 0 Å². The van der Waals surface area contributed by atoms with Crippen molar-refractivity contribution in [3.05, 3.63) is 0 Å². The number of nitrogens with one attached hydrogen (secondary N) is 1. The lowest BCUT2D eigenvalue weighted by Crippen LogP contribution is -2.42. The van der Waals surface area contributed by atoms with Crippen LogP contribution in [-0.2, 0) is 19.1 Å². The van der Waals surface area contributed by atoms with Crippen LogP contribution in [0.25, 0.3) is 0 Å². The van der Waals surface area contributed by atoms with Gasteiger partial charge in [0, 0.05) is 39.0 Å². The van der Waals surface area contributed by atoms with Crippen molar-refractivity contribution in [1.82, 2.24) is 15.1 Å². The number of rotatable bonds is 49. The van der Waals surface area contributed by atoms with Gasteiger partial charge in [0.2, 0.25) is 0 Å². The fourth-order valence-corrected chi connectivity index (χ4v) is 9.06. The van der Waals surface area contributed by atoms with Crippen molar-refractivity contribution in [2.75, 3.05) is 53.5 Å². The maximum atomic E-state index is 13.2. The molecule has 0 radical (unpaired) electrons. The van der Waals surface area contributed by atoms with Gasteiger partial charge in [0.1, 0.15) is 0 Å². The zero-order valence-corrected chi connectivity index (χ0v) is 43.5. The molecule has 0 aromatic carbocycles. The molecule has 9 heteroatoms. The van der Waals surface area contributed by atoms with E-state index in [1.165, 1.54) is 141 Å². The molecule has 0 spiro atoms. The number of unbranched alkanes of at least 4 members (excludes halogenated alkanes) is 20. The Morgan fingerprint density at radius 3 is 1.17 bits per heavy atom. The Bertz CT molecular complexity index is 942. The molecule has 0 rings (SSSR count). The molecule has 2 amide bonds. The van der Waals surface area contributed by atoms with Gasteiger partial charge in [-0.3, -0.25) is 9.59 Å². The van der Waals surface area contributed by atoms with Crippen LogP contribution in [0.5, 0.6) is 0 Å². The van der Waals surface area contributed by atoms with Crippen molar-refractivity contribution >= 4 is 18.0 Å². The highest BCUT2D eigenvalue weighted by Gasteiger charge is 2.15. The van der Waals surface area contributed by atoms with Crippen molar-refractivity contribution in [2.24, 2.45) is 11.8 Å². The molecule has 64 heavy (non-hydrogen) atoms. The molecule has 0 aromatic rings. The third kappa shape index (κ3) is 42.7. The smallest absolute Gasteiger partial charge is 0.317 e. The molecule has 0 saturated carbocycles. The Hall–Kier alpha value is -1.87. The molecular formula is C55H109N3O6. The second kappa shape index (κ2) is 47.6. The molecular weight excluding hydrogens is 799 g/mol. The predicted molar refractivity (Wildman–Crippen MR) is 272 cm³/mol. The van der Waals surface area contributed by atoms with Crippen LogP contribution in [0.4, 0.5) is 4.79 Å². The van der Waals surface area contributed by atoms with E-state index in [1.807, 2.05) is 23.9 Å². The molecule has 0 aliphatic carbocycles. The number of esters is 2. The summed E-state index contributed by atoms with van der Waals surface area (Å²) in [5.74, 6) is 1.43. The number of carbonyl (C=O) groups excluding carboxylic acids is 3. The van der Waals surface area contributed by atoms with E-state index in [-0.39, 0.29) is 18.0 Å². The Balaban J connectivity index is 4.47. The molecule has 0 fully saturated rings. The number of amides is 2. The minimum Gasteiger partial charge on any atom is -0.466 e. The Morgan fingerprint density at radius 2 is 0.797 bits per heavy atom. The van der Waals surface area contributed by atoms with E-state index in [2.05, 4.69) is 33.0 Å². The van der Waals surface area contributed by atoms with Gasteiger partial charge < -0.3 is 29.7 Å². The first-order chi connectivity index (χ1) is 31.2. The third-order valence-corrected chi connectivity index (χ3v) is 13.1. The summed E-state index contributed by atoms with van der Waals surface area (Å²) in [6.07, 6.45) is 41.5. The molecule has 9 nitrogen and oxygen atoms in total. The van der Waals surface area contributed by atoms with Gasteiger partial charge in [0.25, 0.3) is 0 Å². The molecule has 380 valence electrons. The number of hydrogen-bond acceptors (Lipinski definition) is 7. The van der Waals surface area contributed by atoms with Crippen LogP contribution in [-0.4, -0.2) is 92.5 Å². The normalized spacial score (nSPS) is 12.1. The molecule has 0 aliphatic rings. The average molecular weight is 908 g/mol. The summed E-state index contributed by atoms with van der Waals surface area (Å²) in [4.78, 5) is 42.0. The number of carbonyl (C=O) groups is 3. The Kier molecular flexibility index (Phi) is 46.2. The van der Waals surface area contributed by atoms with Gasteiger partial charge in [-0.1, -0.05) is 195 Å². The van der Waals surface area contributed by atoms with Crippen LogP contribution in [0, 0.1) is 11.8 Å². The second-order valence-corrected chi connectivity index (χ2v) is 19.8. The summed E-state index contributed by atoms with van der Waals surface area (Å²) >= 11 is 0. The SMILES string of the molecule is CCCCCCC(CCCCCC)CCCOC(=O)CCCCCCCN(CCCCCCCC(=O)OCCCC(CCCCCC)CCCCCC)C(=O)NCCC(O)CN(C)C. The lowest BCUT2D eigenvalue weighted by atomic mass is 9.91. The largest absolute Gasteiger partial charge is 0.466 e.